The summed E-state index contributed by atoms with van der Waals surface area (Å²) in [5.74, 6) is 1.74. The fourth-order valence-corrected chi connectivity index (χ4v) is 5.00. The minimum absolute atomic E-state index is 0.347. The second-order valence-corrected chi connectivity index (χ2v) is 7.45. The Hall–Kier alpha value is -1.74. The van der Waals surface area contributed by atoms with Crippen LogP contribution in [0.5, 0.6) is 5.75 Å². The maximum absolute atomic E-state index is 5.49. The molecule has 3 nitrogen and oxygen atoms in total. The van der Waals surface area contributed by atoms with Gasteiger partial charge < -0.3 is 9.15 Å². The van der Waals surface area contributed by atoms with Gasteiger partial charge >= 0.3 is 0 Å². The second kappa shape index (κ2) is 6.64. The van der Waals surface area contributed by atoms with Gasteiger partial charge in [-0.15, -0.1) is 0 Å². The molecule has 1 aliphatic heterocycles. The topological polar surface area (TPSA) is 25.6 Å². The summed E-state index contributed by atoms with van der Waals surface area (Å²) in [6.45, 7) is 3.40. The summed E-state index contributed by atoms with van der Waals surface area (Å²) in [5.41, 5.74) is 3.14. The van der Waals surface area contributed by atoms with Crippen molar-refractivity contribution in [2.45, 2.75) is 44.1 Å². The van der Waals surface area contributed by atoms with E-state index in [4.69, 9.17) is 9.15 Å². The molecular formula is C21H27NO2. The molecule has 0 radical (unpaired) electrons. The van der Waals surface area contributed by atoms with Crippen molar-refractivity contribution >= 4 is 0 Å². The van der Waals surface area contributed by atoms with E-state index in [2.05, 4.69) is 35.2 Å². The molecule has 2 unspecified atom stereocenters. The van der Waals surface area contributed by atoms with Gasteiger partial charge in [-0.05, 0) is 67.3 Å². The molecule has 2 aromatic rings. The predicted molar refractivity (Wildman–Crippen MR) is 95.2 cm³/mol. The molecule has 2 aliphatic rings. The van der Waals surface area contributed by atoms with Crippen molar-refractivity contribution in [3.63, 3.8) is 0 Å². The van der Waals surface area contributed by atoms with Crippen LogP contribution >= 0.6 is 0 Å². The Labute approximate surface area is 144 Å². The van der Waals surface area contributed by atoms with Crippen LogP contribution < -0.4 is 4.74 Å². The summed E-state index contributed by atoms with van der Waals surface area (Å²) < 4.78 is 10.7. The summed E-state index contributed by atoms with van der Waals surface area (Å²) in [7, 11) is 1.77. The van der Waals surface area contributed by atoms with Crippen molar-refractivity contribution in [3.05, 3.63) is 54.0 Å². The lowest BCUT2D eigenvalue weighted by atomic mass is 9.69. The van der Waals surface area contributed by atoms with E-state index >= 15 is 0 Å². The van der Waals surface area contributed by atoms with Gasteiger partial charge in [0, 0.05) is 18.7 Å². The first-order valence-electron chi connectivity index (χ1n) is 9.18. The Morgan fingerprint density at radius 3 is 3.00 bits per heavy atom. The number of nitrogens with zero attached hydrogens (tertiary/aromatic N) is 1. The molecule has 0 spiro atoms. The monoisotopic (exact) mass is 325 g/mol. The third kappa shape index (κ3) is 2.86. The zero-order valence-corrected chi connectivity index (χ0v) is 14.5. The van der Waals surface area contributed by atoms with Gasteiger partial charge in [0.25, 0.3) is 0 Å². The lowest BCUT2D eigenvalue weighted by Gasteiger charge is -2.36. The van der Waals surface area contributed by atoms with Crippen molar-refractivity contribution in [1.29, 1.82) is 0 Å². The average molecular weight is 325 g/mol. The highest BCUT2D eigenvalue weighted by atomic mass is 16.5. The number of ether oxygens (including phenoxy) is 1. The Morgan fingerprint density at radius 1 is 1.25 bits per heavy atom. The van der Waals surface area contributed by atoms with E-state index in [-0.39, 0.29) is 0 Å². The number of furan rings is 1. The Kier molecular flexibility index (Phi) is 4.36. The van der Waals surface area contributed by atoms with E-state index in [1.807, 2.05) is 6.26 Å². The SMILES string of the molecule is COc1cccc(C23CCCC2CN(Cc2ccoc2)CCC3)c1. The highest BCUT2D eigenvalue weighted by Gasteiger charge is 2.45. The minimum Gasteiger partial charge on any atom is -0.497 e. The van der Waals surface area contributed by atoms with Gasteiger partial charge in [-0.2, -0.15) is 0 Å². The second-order valence-electron chi connectivity index (χ2n) is 7.45. The first-order valence-corrected chi connectivity index (χ1v) is 9.18. The number of benzene rings is 1. The Bertz CT molecular complexity index is 666. The number of fused-ring (bicyclic) bond motifs is 1. The van der Waals surface area contributed by atoms with E-state index in [1.165, 1.54) is 56.3 Å². The van der Waals surface area contributed by atoms with Gasteiger partial charge in [-0.1, -0.05) is 18.6 Å². The third-order valence-electron chi connectivity index (χ3n) is 6.16. The zero-order valence-electron chi connectivity index (χ0n) is 14.5. The lowest BCUT2D eigenvalue weighted by Crippen LogP contribution is -2.35. The lowest BCUT2D eigenvalue weighted by molar-refractivity contribution is 0.214. The first-order chi connectivity index (χ1) is 11.8. The van der Waals surface area contributed by atoms with Gasteiger partial charge in [0.1, 0.15) is 5.75 Å². The predicted octanol–water partition coefficient (Wildman–Crippen LogP) is 4.62. The highest BCUT2D eigenvalue weighted by Crippen LogP contribution is 2.51. The van der Waals surface area contributed by atoms with Crippen LogP contribution in [0.3, 0.4) is 0 Å². The van der Waals surface area contributed by atoms with Crippen molar-refractivity contribution in [1.82, 2.24) is 4.90 Å². The zero-order chi connectivity index (χ0) is 16.4. The molecule has 128 valence electrons. The maximum Gasteiger partial charge on any atom is 0.119 e. The van der Waals surface area contributed by atoms with Crippen LogP contribution in [0.4, 0.5) is 0 Å². The fourth-order valence-electron chi connectivity index (χ4n) is 5.00. The number of hydrogen-bond donors (Lipinski definition) is 0. The summed E-state index contributed by atoms with van der Waals surface area (Å²) >= 11 is 0. The Morgan fingerprint density at radius 2 is 2.17 bits per heavy atom. The van der Waals surface area contributed by atoms with Gasteiger partial charge in [0.15, 0.2) is 0 Å². The van der Waals surface area contributed by atoms with Crippen molar-refractivity contribution in [2.75, 3.05) is 20.2 Å². The molecule has 2 heterocycles. The number of hydrogen-bond acceptors (Lipinski definition) is 3. The van der Waals surface area contributed by atoms with Crippen molar-refractivity contribution < 1.29 is 9.15 Å². The maximum atomic E-state index is 5.49. The van der Waals surface area contributed by atoms with Crippen LogP contribution in [0.15, 0.2) is 47.3 Å². The van der Waals surface area contributed by atoms with Crippen molar-refractivity contribution in [3.8, 4) is 5.75 Å². The smallest absolute Gasteiger partial charge is 0.119 e. The molecule has 1 aromatic carbocycles. The molecule has 0 bridgehead atoms. The molecule has 1 saturated heterocycles. The van der Waals surface area contributed by atoms with Gasteiger partial charge in [0.2, 0.25) is 0 Å². The van der Waals surface area contributed by atoms with Gasteiger partial charge in [-0.3, -0.25) is 4.90 Å². The molecule has 2 atom stereocenters. The van der Waals surface area contributed by atoms with E-state index < -0.39 is 0 Å². The van der Waals surface area contributed by atoms with Crippen LogP contribution in [0.2, 0.25) is 0 Å². The molecule has 0 N–H and O–H groups in total. The van der Waals surface area contributed by atoms with Crippen LogP contribution in [0.25, 0.3) is 0 Å². The molecule has 0 amide bonds. The standard InChI is InChI=1S/C21H27NO2/c1-23-20-7-2-5-18(13-20)21-9-3-6-19(21)15-22(11-4-10-21)14-17-8-12-24-16-17/h2,5,7-8,12-13,16,19H,3-4,6,9-11,14-15H2,1H3. The van der Waals surface area contributed by atoms with Crippen LogP contribution in [0.1, 0.15) is 43.2 Å². The number of rotatable bonds is 4. The minimum atomic E-state index is 0.347. The van der Waals surface area contributed by atoms with Crippen molar-refractivity contribution in [2.24, 2.45) is 5.92 Å². The van der Waals surface area contributed by atoms with Crippen LogP contribution in [-0.2, 0) is 12.0 Å². The largest absolute Gasteiger partial charge is 0.497 e. The van der Waals surface area contributed by atoms with Crippen LogP contribution in [0, 0.1) is 5.92 Å². The highest BCUT2D eigenvalue weighted by molar-refractivity contribution is 5.36. The summed E-state index contributed by atoms with van der Waals surface area (Å²) in [5, 5.41) is 0. The van der Waals surface area contributed by atoms with Gasteiger partial charge in [-0.25, -0.2) is 0 Å². The molecule has 24 heavy (non-hydrogen) atoms. The molecule has 1 saturated carbocycles. The van der Waals surface area contributed by atoms with E-state index in [1.54, 1.807) is 13.4 Å². The van der Waals surface area contributed by atoms with Gasteiger partial charge in [0.05, 0.1) is 19.6 Å². The average Bonchev–Trinajstić information content (AvgIpc) is 3.23. The number of likely N-dealkylation sites (tertiary alicyclic amines) is 1. The third-order valence-corrected chi connectivity index (χ3v) is 6.16. The molecule has 2 fully saturated rings. The molecule has 1 aliphatic carbocycles. The summed E-state index contributed by atoms with van der Waals surface area (Å²) in [4.78, 5) is 2.63. The number of methoxy groups -OCH3 is 1. The molecule has 1 aromatic heterocycles. The normalized spacial score (nSPS) is 27.6. The quantitative estimate of drug-likeness (QED) is 0.820. The summed E-state index contributed by atoms with van der Waals surface area (Å²) in [6.07, 6.45) is 10.3. The van der Waals surface area contributed by atoms with Crippen LogP contribution in [-0.4, -0.2) is 25.1 Å². The fraction of sp³-hybridized carbons (Fsp3) is 0.524. The molecule has 4 rings (SSSR count). The molecular weight excluding hydrogens is 298 g/mol. The summed E-state index contributed by atoms with van der Waals surface area (Å²) in [6, 6.07) is 10.9. The van der Waals surface area contributed by atoms with E-state index in [0.29, 0.717) is 5.41 Å². The first kappa shape index (κ1) is 15.8. The Balaban J connectivity index is 1.58. The van der Waals surface area contributed by atoms with E-state index in [0.717, 1.165) is 18.2 Å². The molecule has 3 heteroatoms. The van der Waals surface area contributed by atoms with E-state index in [9.17, 15) is 0 Å².